The van der Waals surface area contributed by atoms with Crippen LogP contribution in [0.25, 0.3) is 10.8 Å². The van der Waals surface area contributed by atoms with E-state index >= 15 is 0 Å². The number of likely N-dealkylation sites (N-methyl/N-ethyl adjacent to an activating group) is 1. The summed E-state index contributed by atoms with van der Waals surface area (Å²) in [4.78, 5) is 42.3. The van der Waals surface area contributed by atoms with Gasteiger partial charge in [-0.2, -0.15) is 0 Å². The van der Waals surface area contributed by atoms with Crippen molar-refractivity contribution in [3.63, 3.8) is 0 Å². The summed E-state index contributed by atoms with van der Waals surface area (Å²) in [5.41, 5.74) is 0.459. The number of anilines is 1. The molecule has 0 unspecified atom stereocenters. The van der Waals surface area contributed by atoms with Crippen LogP contribution in [-0.4, -0.2) is 59.8 Å². The van der Waals surface area contributed by atoms with Gasteiger partial charge in [0.1, 0.15) is 29.2 Å². The number of carbonyl (C=O) groups excluding carboxylic acids is 2. The van der Waals surface area contributed by atoms with Crippen molar-refractivity contribution >= 4 is 50.3 Å². The highest BCUT2D eigenvalue weighted by Gasteiger charge is 2.51. The second kappa shape index (κ2) is 11.6. The van der Waals surface area contributed by atoms with Crippen LogP contribution in [0.2, 0.25) is 0 Å². The summed E-state index contributed by atoms with van der Waals surface area (Å²) in [6, 6.07) is 15.2. The summed E-state index contributed by atoms with van der Waals surface area (Å²) in [7, 11) is 2.94. The van der Waals surface area contributed by atoms with Gasteiger partial charge < -0.3 is 24.8 Å². The van der Waals surface area contributed by atoms with Crippen LogP contribution in [0.15, 0.2) is 59.1 Å². The summed E-state index contributed by atoms with van der Waals surface area (Å²) in [6.07, 6.45) is 2.64. The van der Waals surface area contributed by atoms with Crippen molar-refractivity contribution in [1.29, 1.82) is 0 Å². The van der Waals surface area contributed by atoms with Gasteiger partial charge in [0.2, 0.25) is 5.91 Å². The van der Waals surface area contributed by atoms with E-state index in [-0.39, 0.29) is 12.5 Å². The van der Waals surface area contributed by atoms with Crippen LogP contribution in [-0.2, 0) is 16.1 Å². The van der Waals surface area contributed by atoms with Crippen molar-refractivity contribution in [3.05, 3.63) is 64.6 Å². The van der Waals surface area contributed by atoms with Crippen LogP contribution in [0.1, 0.15) is 44.6 Å². The Morgan fingerprint density at radius 2 is 1.90 bits per heavy atom. The number of hydrogen-bond donors (Lipinski definition) is 2. The molecule has 216 valence electrons. The summed E-state index contributed by atoms with van der Waals surface area (Å²) >= 11 is 3.54. The van der Waals surface area contributed by atoms with Gasteiger partial charge in [-0.3, -0.25) is 14.5 Å². The van der Waals surface area contributed by atoms with E-state index in [0.717, 1.165) is 45.0 Å². The molecular weight excluding hydrogens is 590 g/mol. The normalized spacial score (nSPS) is 18.7. The quantitative estimate of drug-likeness (QED) is 0.363. The van der Waals surface area contributed by atoms with E-state index in [9.17, 15) is 19.5 Å². The molecular formula is C31H34BrN3O6. The largest absolute Gasteiger partial charge is 0.496 e. The predicted octanol–water partition coefficient (Wildman–Crippen LogP) is 5.72. The highest BCUT2D eigenvalue weighted by Crippen LogP contribution is 2.44. The minimum atomic E-state index is -1.23. The SMILES string of the molecule is COc1ccc2cc(Br)ccc2c1CN1C(=O)[C@@H](NC(=O)[C@H](C)N(C)C(=O)O)C2(CCCCC2)Oc2ccccc21. The average Bonchev–Trinajstić information content (AvgIpc) is 3.05. The molecule has 41 heavy (non-hydrogen) atoms. The van der Waals surface area contributed by atoms with E-state index in [1.807, 2.05) is 54.6 Å². The number of rotatable bonds is 6. The Bertz CT molecular complexity index is 1490. The number of para-hydroxylation sites is 2. The summed E-state index contributed by atoms with van der Waals surface area (Å²) < 4.78 is 13.4. The first-order valence-electron chi connectivity index (χ1n) is 13.8. The first-order valence-corrected chi connectivity index (χ1v) is 14.5. The Morgan fingerprint density at radius 3 is 2.61 bits per heavy atom. The van der Waals surface area contributed by atoms with Gasteiger partial charge in [-0.1, -0.05) is 46.6 Å². The van der Waals surface area contributed by atoms with Gasteiger partial charge in [0, 0.05) is 17.1 Å². The summed E-state index contributed by atoms with van der Waals surface area (Å²) in [5.74, 6) is 0.337. The fourth-order valence-electron chi connectivity index (χ4n) is 5.90. The van der Waals surface area contributed by atoms with Crippen LogP contribution in [0.4, 0.5) is 10.5 Å². The van der Waals surface area contributed by atoms with Crippen molar-refractivity contribution in [3.8, 4) is 11.5 Å². The summed E-state index contributed by atoms with van der Waals surface area (Å²) in [6.45, 7) is 1.68. The number of amides is 3. The van der Waals surface area contributed by atoms with E-state index in [0.29, 0.717) is 30.0 Å². The standard InChI is InChI=1S/C31H34BrN3O6/c1-19(34(2)30(38)39)28(36)33-27-29(37)35(18-23-22-13-12-21(32)17-20(22)11-14-25(23)40-3)24-9-5-6-10-26(24)41-31(27)15-7-4-8-16-31/h5-6,9-14,17,19,27H,4,7-8,15-16,18H2,1-3H3,(H,33,36)(H,38,39)/t19-,27+/m0/s1. The predicted molar refractivity (Wildman–Crippen MR) is 159 cm³/mol. The van der Waals surface area contributed by atoms with Gasteiger partial charge in [0.25, 0.3) is 5.91 Å². The van der Waals surface area contributed by atoms with Crippen LogP contribution >= 0.6 is 15.9 Å². The van der Waals surface area contributed by atoms with Gasteiger partial charge in [-0.05, 0) is 73.7 Å². The number of ether oxygens (including phenoxy) is 2. The Kier molecular flexibility index (Phi) is 8.13. The van der Waals surface area contributed by atoms with Gasteiger partial charge in [-0.25, -0.2) is 4.79 Å². The lowest BCUT2D eigenvalue weighted by molar-refractivity contribution is -0.136. The second-order valence-electron chi connectivity index (χ2n) is 10.7. The Morgan fingerprint density at radius 1 is 1.17 bits per heavy atom. The number of nitrogens with zero attached hydrogens (tertiary/aromatic N) is 2. The number of carbonyl (C=O) groups is 3. The maximum absolute atomic E-state index is 14.7. The van der Waals surface area contributed by atoms with Crippen molar-refractivity contribution in [1.82, 2.24) is 10.2 Å². The van der Waals surface area contributed by atoms with Gasteiger partial charge in [0.05, 0.1) is 19.3 Å². The number of methoxy groups -OCH3 is 1. The van der Waals surface area contributed by atoms with Crippen LogP contribution in [0.3, 0.4) is 0 Å². The number of nitrogens with one attached hydrogen (secondary N) is 1. The third-order valence-corrected chi connectivity index (χ3v) is 8.84. The van der Waals surface area contributed by atoms with Gasteiger partial charge in [-0.15, -0.1) is 0 Å². The second-order valence-corrected chi connectivity index (χ2v) is 11.7. The monoisotopic (exact) mass is 623 g/mol. The molecule has 3 aromatic rings. The zero-order valence-corrected chi connectivity index (χ0v) is 24.9. The van der Waals surface area contributed by atoms with Gasteiger partial charge in [0.15, 0.2) is 0 Å². The molecule has 2 aliphatic rings. The highest BCUT2D eigenvalue weighted by molar-refractivity contribution is 9.10. The van der Waals surface area contributed by atoms with Crippen molar-refractivity contribution < 1.29 is 29.0 Å². The molecule has 2 N–H and O–H groups in total. The zero-order valence-electron chi connectivity index (χ0n) is 23.4. The lowest BCUT2D eigenvalue weighted by atomic mass is 9.78. The molecule has 1 spiro atoms. The van der Waals surface area contributed by atoms with Crippen LogP contribution in [0, 0.1) is 0 Å². The van der Waals surface area contributed by atoms with Crippen LogP contribution in [0.5, 0.6) is 11.5 Å². The highest BCUT2D eigenvalue weighted by atomic mass is 79.9. The number of hydrogen-bond acceptors (Lipinski definition) is 5. The fraction of sp³-hybridized carbons (Fsp3) is 0.387. The fourth-order valence-corrected chi connectivity index (χ4v) is 6.28. The van der Waals surface area contributed by atoms with Crippen molar-refractivity contribution in [2.45, 2.75) is 63.3 Å². The molecule has 0 radical (unpaired) electrons. The van der Waals surface area contributed by atoms with E-state index < -0.39 is 29.7 Å². The molecule has 1 fully saturated rings. The smallest absolute Gasteiger partial charge is 0.407 e. The number of carboxylic acid groups (broad SMARTS) is 1. The Balaban J connectivity index is 1.62. The molecule has 1 aliphatic heterocycles. The molecule has 5 rings (SSSR count). The molecule has 10 heteroatoms. The van der Waals surface area contributed by atoms with E-state index in [1.54, 1.807) is 12.0 Å². The molecule has 3 aromatic carbocycles. The topological polar surface area (TPSA) is 108 Å². The van der Waals surface area contributed by atoms with Crippen molar-refractivity contribution in [2.24, 2.45) is 0 Å². The van der Waals surface area contributed by atoms with Crippen LogP contribution < -0.4 is 19.7 Å². The molecule has 2 atom stereocenters. The number of fused-ring (bicyclic) bond motifs is 2. The molecule has 1 saturated carbocycles. The summed E-state index contributed by atoms with van der Waals surface area (Å²) in [5, 5.41) is 14.3. The minimum Gasteiger partial charge on any atom is -0.496 e. The lowest BCUT2D eigenvalue weighted by Crippen LogP contribution is -2.64. The third kappa shape index (κ3) is 5.45. The molecule has 9 nitrogen and oxygen atoms in total. The Hall–Kier alpha value is -3.79. The molecule has 0 saturated heterocycles. The number of benzene rings is 3. The maximum Gasteiger partial charge on any atom is 0.407 e. The van der Waals surface area contributed by atoms with Gasteiger partial charge >= 0.3 is 6.09 Å². The average molecular weight is 625 g/mol. The maximum atomic E-state index is 14.7. The third-order valence-electron chi connectivity index (χ3n) is 8.34. The molecule has 1 aliphatic carbocycles. The minimum absolute atomic E-state index is 0.175. The zero-order chi connectivity index (χ0) is 29.3. The number of halogens is 1. The van der Waals surface area contributed by atoms with Crippen molar-refractivity contribution in [2.75, 3.05) is 19.1 Å². The molecule has 3 amide bonds. The molecule has 0 aromatic heterocycles. The van der Waals surface area contributed by atoms with E-state index in [2.05, 4.69) is 21.2 Å². The van der Waals surface area contributed by atoms with E-state index in [1.165, 1.54) is 14.0 Å². The molecule has 0 bridgehead atoms. The lowest BCUT2D eigenvalue weighted by Gasteiger charge is -2.42. The first kappa shape index (κ1) is 28.7. The first-order chi connectivity index (χ1) is 19.6. The Labute approximate surface area is 247 Å². The van der Waals surface area contributed by atoms with E-state index in [4.69, 9.17) is 9.47 Å². The molecule has 1 heterocycles.